The molecule has 6 N–H and O–H groups in total. The minimum Gasteiger partial charge on any atom is -0.387 e. The highest BCUT2D eigenvalue weighted by Crippen LogP contribution is 2.40. The molecule has 1 aliphatic carbocycles. The van der Waals surface area contributed by atoms with Gasteiger partial charge in [0, 0.05) is 24.2 Å². The molecular formula is C25H36N8O6S. The first-order chi connectivity index (χ1) is 19.2. The zero-order valence-electron chi connectivity index (χ0n) is 22.3. The second-order valence-corrected chi connectivity index (χ2v) is 13.4. The SMILES string of the molecule is CCc1cc([C@H]2O[C@@H](n3cnc4c(NC5CCS(=O)(=O)CC5)nc(NC5CCC(N)CC5)nc43)[C@H](O)[C@@H]2O)on1. The van der Waals surface area contributed by atoms with Gasteiger partial charge in [-0.25, -0.2) is 13.4 Å². The summed E-state index contributed by atoms with van der Waals surface area (Å²) in [5.74, 6) is 1.41. The van der Waals surface area contributed by atoms with Crippen LogP contribution in [-0.2, 0) is 21.0 Å². The molecule has 40 heavy (non-hydrogen) atoms. The number of hydrogen-bond acceptors (Lipinski definition) is 13. The van der Waals surface area contributed by atoms with Gasteiger partial charge in [-0.2, -0.15) is 9.97 Å². The van der Waals surface area contributed by atoms with Gasteiger partial charge in [0.05, 0.1) is 23.5 Å². The number of ether oxygens (including phenoxy) is 1. The van der Waals surface area contributed by atoms with E-state index in [9.17, 15) is 18.6 Å². The number of hydrogen-bond donors (Lipinski definition) is 5. The van der Waals surface area contributed by atoms with Crippen LogP contribution in [0.1, 0.15) is 69.2 Å². The van der Waals surface area contributed by atoms with Crippen molar-refractivity contribution < 1.29 is 27.9 Å². The van der Waals surface area contributed by atoms with E-state index < -0.39 is 34.4 Å². The molecule has 15 heteroatoms. The van der Waals surface area contributed by atoms with Crippen molar-refractivity contribution >= 4 is 32.8 Å². The molecule has 1 saturated carbocycles. The molecule has 2 aliphatic heterocycles. The second kappa shape index (κ2) is 10.9. The Labute approximate surface area is 231 Å². The average molecular weight is 577 g/mol. The van der Waals surface area contributed by atoms with E-state index in [-0.39, 0.29) is 29.6 Å². The molecule has 0 unspecified atom stereocenters. The smallest absolute Gasteiger partial charge is 0.227 e. The number of imidazole rings is 1. The monoisotopic (exact) mass is 576 g/mol. The lowest BCUT2D eigenvalue weighted by atomic mass is 9.92. The van der Waals surface area contributed by atoms with E-state index >= 15 is 0 Å². The summed E-state index contributed by atoms with van der Waals surface area (Å²) < 4.78 is 37.0. The number of nitrogens with two attached hydrogens (primary N) is 1. The Morgan fingerprint density at radius 3 is 2.48 bits per heavy atom. The molecule has 14 nitrogen and oxygen atoms in total. The number of sulfone groups is 1. The number of aliphatic hydroxyl groups is 2. The van der Waals surface area contributed by atoms with Crippen LogP contribution in [0, 0.1) is 0 Å². The molecule has 3 aliphatic rings. The topological polar surface area (TPSA) is 204 Å². The molecule has 0 amide bonds. The van der Waals surface area contributed by atoms with Crippen LogP contribution >= 0.6 is 0 Å². The lowest BCUT2D eigenvalue weighted by Gasteiger charge is -2.27. The van der Waals surface area contributed by atoms with Crippen molar-refractivity contribution in [1.82, 2.24) is 24.7 Å². The maximum atomic E-state index is 12.0. The van der Waals surface area contributed by atoms with Gasteiger partial charge in [0.15, 0.2) is 29.0 Å². The summed E-state index contributed by atoms with van der Waals surface area (Å²) in [5, 5.41) is 32.6. The summed E-state index contributed by atoms with van der Waals surface area (Å²) in [7, 11) is -3.02. The highest BCUT2D eigenvalue weighted by molar-refractivity contribution is 7.91. The number of fused-ring (bicyclic) bond motifs is 1. The molecule has 3 aromatic rings. The van der Waals surface area contributed by atoms with Crippen LogP contribution in [0.2, 0.25) is 0 Å². The average Bonchev–Trinajstić information content (AvgIpc) is 3.65. The summed E-state index contributed by atoms with van der Waals surface area (Å²) in [6.45, 7) is 1.94. The van der Waals surface area contributed by atoms with Crippen molar-refractivity contribution in [2.24, 2.45) is 5.73 Å². The molecule has 0 spiro atoms. The quantitative estimate of drug-likeness (QED) is 0.267. The van der Waals surface area contributed by atoms with E-state index in [1.165, 1.54) is 6.33 Å². The Kier molecular flexibility index (Phi) is 7.41. The van der Waals surface area contributed by atoms with Crippen LogP contribution in [0.4, 0.5) is 11.8 Å². The standard InChI is InChI=1S/C25H36N8O6S/c1-2-14-11-17(39-32-14)21-19(34)20(35)24(38-21)33-12-27-18-22(28-16-7-9-40(36,37)10-8-16)30-25(31-23(18)33)29-15-5-3-13(26)4-6-15/h11-13,15-16,19-21,24,34-35H,2-10,26H2,1H3,(H2,28,29,30,31)/t13?,15?,19-,20+,21+,24+/m0/s1. The van der Waals surface area contributed by atoms with Gasteiger partial charge in [-0.05, 0) is 44.9 Å². The first-order valence-corrected chi connectivity index (χ1v) is 15.7. The maximum Gasteiger partial charge on any atom is 0.227 e. The Bertz CT molecular complexity index is 1440. The fourth-order valence-electron chi connectivity index (χ4n) is 5.70. The van der Waals surface area contributed by atoms with Crippen molar-refractivity contribution in [3.63, 3.8) is 0 Å². The highest BCUT2D eigenvalue weighted by atomic mass is 32.2. The molecule has 4 atom stereocenters. The molecule has 218 valence electrons. The number of aromatic nitrogens is 5. The van der Waals surface area contributed by atoms with Crippen LogP contribution in [0.25, 0.3) is 11.2 Å². The fraction of sp³-hybridized carbons (Fsp3) is 0.680. The van der Waals surface area contributed by atoms with E-state index in [1.807, 2.05) is 6.92 Å². The summed E-state index contributed by atoms with van der Waals surface area (Å²) in [4.78, 5) is 14.0. The third-order valence-corrected chi connectivity index (χ3v) is 9.87. The molecular weight excluding hydrogens is 540 g/mol. The number of anilines is 2. The van der Waals surface area contributed by atoms with Gasteiger partial charge in [-0.3, -0.25) is 4.57 Å². The predicted octanol–water partition coefficient (Wildman–Crippen LogP) is 1.04. The molecule has 0 aromatic carbocycles. The van der Waals surface area contributed by atoms with Gasteiger partial charge in [0.25, 0.3) is 0 Å². The minimum atomic E-state index is -3.02. The third-order valence-electron chi connectivity index (χ3n) is 8.15. The molecule has 3 aromatic heterocycles. The van der Waals surface area contributed by atoms with Crippen LogP contribution in [0.5, 0.6) is 0 Å². The van der Waals surface area contributed by atoms with E-state index in [4.69, 9.17) is 25.0 Å². The van der Waals surface area contributed by atoms with E-state index in [2.05, 4.69) is 20.8 Å². The molecule has 3 fully saturated rings. The van der Waals surface area contributed by atoms with Crippen LogP contribution < -0.4 is 16.4 Å². The molecule has 0 bridgehead atoms. The van der Waals surface area contributed by atoms with Crippen molar-refractivity contribution in [3.05, 3.63) is 23.8 Å². The van der Waals surface area contributed by atoms with Crippen LogP contribution in [-0.4, -0.2) is 85.1 Å². The summed E-state index contributed by atoms with van der Waals surface area (Å²) in [6, 6.07) is 1.97. The van der Waals surface area contributed by atoms with E-state index in [0.717, 1.165) is 31.4 Å². The van der Waals surface area contributed by atoms with Crippen molar-refractivity contribution in [3.8, 4) is 0 Å². The van der Waals surface area contributed by atoms with Crippen molar-refractivity contribution in [2.75, 3.05) is 22.1 Å². The Morgan fingerprint density at radius 2 is 1.77 bits per heavy atom. The first kappa shape index (κ1) is 27.3. The molecule has 6 rings (SSSR count). The molecule has 0 radical (unpaired) electrons. The second-order valence-electron chi connectivity index (χ2n) is 11.0. The summed E-state index contributed by atoms with van der Waals surface area (Å²) in [6.07, 6.45) is 2.22. The van der Waals surface area contributed by atoms with E-state index in [0.29, 0.717) is 48.0 Å². The van der Waals surface area contributed by atoms with Gasteiger partial charge in [0.1, 0.15) is 28.1 Å². The molecule has 5 heterocycles. The Morgan fingerprint density at radius 1 is 1.05 bits per heavy atom. The predicted molar refractivity (Wildman–Crippen MR) is 145 cm³/mol. The fourth-order valence-corrected chi connectivity index (χ4v) is 7.19. The number of nitrogens with one attached hydrogen (secondary N) is 2. The number of rotatable bonds is 7. The van der Waals surface area contributed by atoms with Crippen molar-refractivity contribution in [1.29, 1.82) is 0 Å². The van der Waals surface area contributed by atoms with E-state index in [1.54, 1.807) is 10.6 Å². The first-order valence-electron chi connectivity index (χ1n) is 13.9. The van der Waals surface area contributed by atoms with Gasteiger partial charge in [-0.15, -0.1) is 0 Å². The van der Waals surface area contributed by atoms with Gasteiger partial charge in [-0.1, -0.05) is 12.1 Å². The summed E-state index contributed by atoms with van der Waals surface area (Å²) in [5.41, 5.74) is 7.65. The Hall–Kier alpha value is -2.85. The van der Waals surface area contributed by atoms with Crippen molar-refractivity contribution in [2.45, 2.75) is 94.5 Å². The third kappa shape index (κ3) is 5.40. The number of aryl methyl sites for hydroxylation is 1. The number of aliphatic hydroxyl groups excluding tert-OH is 2. The van der Waals surface area contributed by atoms with Gasteiger partial charge < -0.3 is 35.8 Å². The van der Waals surface area contributed by atoms with Crippen LogP contribution in [0.3, 0.4) is 0 Å². The molecule has 2 saturated heterocycles. The normalized spacial score (nSPS) is 31.0. The number of nitrogens with zero attached hydrogens (tertiary/aromatic N) is 5. The maximum absolute atomic E-state index is 12.0. The minimum absolute atomic E-state index is 0.0916. The van der Waals surface area contributed by atoms with Gasteiger partial charge >= 0.3 is 0 Å². The lowest BCUT2D eigenvalue weighted by Crippen LogP contribution is -2.34. The summed E-state index contributed by atoms with van der Waals surface area (Å²) >= 11 is 0. The largest absolute Gasteiger partial charge is 0.387 e. The lowest BCUT2D eigenvalue weighted by molar-refractivity contribution is -0.0434. The Balaban J connectivity index is 1.32. The zero-order valence-corrected chi connectivity index (χ0v) is 23.1. The van der Waals surface area contributed by atoms with Gasteiger partial charge in [0.2, 0.25) is 5.95 Å². The zero-order chi connectivity index (χ0) is 28.0. The van der Waals surface area contributed by atoms with Crippen LogP contribution in [0.15, 0.2) is 16.9 Å². The highest BCUT2D eigenvalue weighted by Gasteiger charge is 2.47.